The monoisotopic (exact) mass is 288 g/mol. The Morgan fingerprint density at radius 2 is 1.70 bits per heavy atom. The lowest BCUT2D eigenvalue weighted by Crippen LogP contribution is -2.05. The third kappa shape index (κ3) is 2.85. The zero-order valence-electron chi connectivity index (χ0n) is 10.5. The maximum atomic E-state index is 13.2. The molecule has 1 N–H and O–H groups in total. The number of halogens is 4. The Morgan fingerprint density at radius 3 is 2.25 bits per heavy atom. The fraction of sp³-hybridized carbons (Fsp3) is 0.286. The van der Waals surface area contributed by atoms with Gasteiger partial charge in [0.1, 0.15) is 5.75 Å². The number of alkyl halides is 4. The van der Waals surface area contributed by atoms with E-state index >= 15 is 0 Å². The van der Waals surface area contributed by atoms with Crippen LogP contribution in [0.25, 0.3) is 10.8 Å². The summed E-state index contributed by atoms with van der Waals surface area (Å²) in [5, 5.41) is 10.0. The van der Waals surface area contributed by atoms with E-state index in [1.54, 1.807) is 12.1 Å². The smallest absolute Gasteiger partial charge is 0.387 e. The minimum Gasteiger partial charge on any atom is -0.434 e. The quantitative estimate of drug-likeness (QED) is 0.843. The molecule has 1 unspecified atom stereocenters. The molecule has 0 radical (unpaired) electrons. The van der Waals surface area contributed by atoms with Gasteiger partial charge in [0.15, 0.2) is 0 Å². The van der Waals surface area contributed by atoms with Crippen LogP contribution in [0.5, 0.6) is 5.75 Å². The predicted octanol–water partition coefficient (Wildman–Crippen LogP) is 4.43. The first-order chi connectivity index (χ1) is 9.40. The molecular formula is C14H12F4O2. The summed E-state index contributed by atoms with van der Waals surface area (Å²) in [6.45, 7) is -1.69. The highest BCUT2D eigenvalue weighted by Gasteiger charge is 2.21. The average molecular weight is 288 g/mol. The molecule has 0 bridgehead atoms. The Balaban J connectivity index is 2.68. The maximum Gasteiger partial charge on any atom is 0.387 e. The Hall–Kier alpha value is -1.82. The van der Waals surface area contributed by atoms with Crippen molar-refractivity contribution < 1.29 is 27.4 Å². The van der Waals surface area contributed by atoms with E-state index in [4.69, 9.17) is 0 Å². The van der Waals surface area contributed by atoms with Gasteiger partial charge in [-0.25, -0.2) is 8.78 Å². The van der Waals surface area contributed by atoms with Gasteiger partial charge in [0.2, 0.25) is 0 Å². The van der Waals surface area contributed by atoms with Crippen molar-refractivity contribution in [2.45, 2.75) is 26.1 Å². The molecule has 2 nitrogen and oxygen atoms in total. The second-order valence-corrected chi connectivity index (χ2v) is 4.31. The van der Waals surface area contributed by atoms with Gasteiger partial charge in [-0.15, -0.1) is 0 Å². The van der Waals surface area contributed by atoms with E-state index in [1.165, 1.54) is 19.1 Å². The molecule has 0 aliphatic heterocycles. The maximum absolute atomic E-state index is 13.2. The van der Waals surface area contributed by atoms with Gasteiger partial charge in [0, 0.05) is 0 Å². The first-order valence-corrected chi connectivity index (χ1v) is 5.87. The third-order valence-corrected chi connectivity index (χ3v) is 2.96. The van der Waals surface area contributed by atoms with Crippen LogP contribution in [-0.4, -0.2) is 11.7 Å². The van der Waals surface area contributed by atoms with Crippen LogP contribution < -0.4 is 4.74 Å². The molecule has 0 fully saturated rings. The normalized spacial score (nSPS) is 13.2. The number of benzene rings is 2. The lowest BCUT2D eigenvalue weighted by Gasteiger charge is -2.14. The van der Waals surface area contributed by atoms with Gasteiger partial charge < -0.3 is 9.84 Å². The zero-order valence-corrected chi connectivity index (χ0v) is 10.5. The Morgan fingerprint density at radius 1 is 1.05 bits per heavy atom. The lowest BCUT2D eigenvalue weighted by molar-refractivity contribution is -0.0517. The van der Waals surface area contributed by atoms with Gasteiger partial charge in [0.25, 0.3) is 6.43 Å². The molecule has 1 atom stereocenters. The van der Waals surface area contributed by atoms with Crippen molar-refractivity contribution in [3.05, 3.63) is 41.5 Å². The van der Waals surface area contributed by atoms with Gasteiger partial charge in [-0.3, -0.25) is 0 Å². The van der Waals surface area contributed by atoms with Crippen LogP contribution in [0.15, 0.2) is 30.3 Å². The molecule has 0 aromatic heterocycles. The summed E-state index contributed by atoms with van der Waals surface area (Å²) >= 11 is 0. The zero-order chi connectivity index (χ0) is 14.9. The number of ether oxygens (including phenoxy) is 1. The molecule has 0 aliphatic rings. The molecule has 0 amide bonds. The Labute approximate surface area is 112 Å². The second-order valence-electron chi connectivity index (χ2n) is 4.31. The molecule has 0 aliphatic carbocycles. The largest absolute Gasteiger partial charge is 0.434 e. The Bertz CT molecular complexity index is 611. The Kier molecular flexibility index (Phi) is 4.13. The number of hydrogen-bond donors (Lipinski definition) is 1. The summed E-state index contributed by atoms with van der Waals surface area (Å²) in [5.41, 5.74) is -0.168. The van der Waals surface area contributed by atoms with Crippen LogP contribution in [0.2, 0.25) is 0 Å². The third-order valence-electron chi connectivity index (χ3n) is 2.96. The van der Waals surface area contributed by atoms with E-state index in [2.05, 4.69) is 4.74 Å². The van der Waals surface area contributed by atoms with Crippen LogP contribution in [0.4, 0.5) is 17.6 Å². The van der Waals surface area contributed by atoms with Crippen LogP contribution in [0, 0.1) is 0 Å². The fourth-order valence-corrected chi connectivity index (χ4v) is 2.02. The molecule has 0 saturated carbocycles. The van der Waals surface area contributed by atoms with Crippen molar-refractivity contribution in [1.82, 2.24) is 0 Å². The van der Waals surface area contributed by atoms with Crippen molar-refractivity contribution in [2.24, 2.45) is 0 Å². The predicted molar refractivity (Wildman–Crippen MR) is 66.2 cm³/mol. The summed E-state index contributed by atoms with van der Waals surface area (Å²) in [7, 11) is 0. The molecule has 0 heterocycles. The molecule has 20 heavy (non-hydrogen) atoms. The second kappa shape index (κ2) is 5.66. The van der Waals surface area contributed by atoms with E-state index in [-0.39, 0.29) is 5.39 Å². The van der Waals surface area contributed by atoms with Gasteiger partial charge in [-0.2, -0.15) is 8.78 Å². The lowest BCUT2D eigenvalue weighted by atomic mass is 9.99. The van der Waals surface area contributed by atoms with Crippen LogP contribution in [0.3, 0.4) is 0 Å². The van der Waals surface area contributed by atoms with Gasteiger partial charge in [0.05, 0.1) is 11.7 Å². The van der Waals surface area contributed by atoms with E-state index in [1.807, 2.05) is 0 Å². The van der Waals surface area contributed by atoms with Crippen molar-refractivity contribution in [3.8, 4) is 5.75 Å². The van der Waals surface area contributed by atoms with Crippen LogP contribution in [-0.2, 0) is 0 Å². The molecule has 2 aromatic rings. The number of fused-ring (bicyclic) bond motifs is 1. The summed E-state index contributed by atoms with van der Waals surface area (Å²) in [5.74, 6) is -0.551. The number of rotatable bonds is 4. The van der Waals surface area contributed by atoms with E-state index < -0.39 is 30.5 Å². The standard InChI is InChI=1S/C14H12F4O2/c1-7(19)9-3-2-8-4-5-11(20-14(17)18)12(13(15)16)10(8)6-9/h2-7,13-14,19H,1H3. The highest BCUT2D eigenvalue weighted by atomic mass is 19.3. The molecule has 108 valence electrons. The summed E-state index contributed by atoms with van der Waals surface area (Å²) in [6, 6.07) is 7.02. The van der Waals surface area contributed by atoms with Gasteiger partial charge in [-0.05, 0) is 35.4 Å². The van der Waals surface area contributed by atoms with E-state index in [9.17, 15) is 22.7 Å². The molecule has 6 heteroatoms. The summed E-state index contributed by atoms with van der Waals surface area (Å²) in [6.07, 6.45) is -3.80. The minimum atomic E-state index is -3.18. The highest BCUT2D eigenvalue weighted by Crippen LogP contribution is 2.37. The van der Waals surface area contributed by atoms with Crippen LogP contribution >= 0.6 is 0 Å². The summed E-state index contributed by atoms with van der Waals surface area (Å²) < 4.78 is 55.0. The topological polar surface area (TPSA) is 29.5 Å². The van der Waals surface area contributed by atoms with Crippen molar-refractivity contribution in [3.63, 3.8) is 0 Å². The van der Waals surface area contributed by atoms with Crippen molar-refractivity contribution in [1.29, 1.82) is 0 Å². The first-order valence-electron chi connectivity index (χ1n) is 5.87. The highest BCUT2D eigenvalue weighted by molar-refractivity contribution is 5.88. The van der Waals surface area contributed by atoms with Crippen molar-refractivity contribution in [2.75, 3.05) is 0 Å². The number of hydrogen-bond acceptors (Lipinski definition) is 2. The SMILES string of the molecule is CC(O)c1ccc2ccc(OC(F)F)c(C(F)F)c2c1. The molecule has 0 spiro atoms. The van der Waals surface area contributed by atoms with Crippen molar-refractivity contribution >= 4 is 10.8 Å². The van der Waals surface area contributed by atoms with Gasteiger partial charge >= 0.3 is 6.61 Å². The molecule has 2 rings (SSSR count). The number of aliphatic hydroxyl groups is 1. The molecule has 2 aromatic carbocycles. The number of aliphatic hydroxyl groups excluding tert-OH is 1. The average Bonchev–Trinajstić information content (AvgIpc) is 2.36. The minimum absolute atomic E-state index is 0.0940. The van der Waals surface area contributed by atoms with Crippen LogP contribution in [0.1, 0.15) is 30.6 Å². The van der Waals surface area contributed by atoms with E-state index in [0.717, 1.165) is 6.07 Å². The molecular weight excluding hydrogens is 276 g/mol. The van der Waals surface area contributed by atoms with E-state index in [0.29, 0.717) is 10.9 Å². The molecule has 0 saturated heterocycles. The first kappa shape index (κ1) is 14.6. The van der Waals surface area contributed by atoms with Gasteiger partial charge in [-0.1, -0.05) is 18.2 Å². The fourth-order valence-electron chi connectivity index (χ4n) is 2.02. The summed E-state index contributed by atoms with van der Waals surface area (Å²) in [4.78, 5) is 0.